The van der Waals surface area contributed by atoms with E-state index in [-0.39, 0.29) is 12.1 Å². The van der Waals surface area contributed by atoms with Crippen LogP contribution >= 0.6 is 11.8 Å². The molecule has 0 spiro atoms. The summed E-state index contributed by atoms with van der Waals surface area (Å²) in [4.78, 5) is 0. The quantitative estimate of drug-likeness (QED) is 0.873. The van der Waals surface area contributed by atoms with Crippen molar-refractivity contribution in [2.24, 2.45) is 0 Å². The van der Waals surface area contributed by atoms with Crippen LogP contribution in [0.1, 0.15) is 30.9 Å². The van der Waals surface area contributed by atoms with E-state index in [9.17, 15) is 13.9 Å². The molecule has 0 heterocycles. The molecule has 1 aromatic carbocycles. The molecule has 0 bridgehead atoms. The van der Waals surface area contributed by atoms with Gasteiger partial charge < -0.3 is 10.4 Å². The highest BCUT2D eigenvalue weighted by atomic mass is 32.2. The van der Waals surface area contributed by atoms with E-state index in [4.69, 9.17) is 0 Å². The first-order valence-electron chi connectivity index (χ1n) is 6.50. The molecule has 2 nitrogen and oxygen atoms in total. The fraction of sp³-hybridized carbons (Fsp3) is 0.571. The number of halogens is 2. The summed E-state index contributed by atoms with van der Waals surface area (Å²) in [5.41, 5.74) is -0.241. The van der Waals surface area contributed by atoms with Crippen LogP contribution in [0.15, 0.2) is 18.2 Å². The Morgan fingerprint density at radius 1 is 1.37 bits per heavy atom. The first kappa shape index (κ1) is 14.8. The Kier molecular flexibility index (Phi) is 5.19. The Balaban J connectivity index is 1.89. The number of thioether (sulfide) groups is 1. The number of benzene rings is 1. The van der Waals surface area contributed by atoms with Crippen molar-refractivity contribution in [1.82, 2.24) is 5.32 Å². The van der Waals surface area contributed by atoms with E-state index in [0.717, 1.165) is 19.3 Å². The molecule has 1 aliphatic rings. The largest absolute Gasteiger partial charge is 0.387 e. The van der Waals surface area contributed by atoms with Gasteiger partial charge in [0.15, 0.2) is 0 Å². The van der Waals surface area contributed by atoms with Crippen LogP contribution in [0.2, 0.25) is 0 Å². The van der Waals surface area contributed by atoms with Crippen LogP contribution in [0.3, 0.4) is 0 Å². The van der Waals surface area contributed by atoms with E-state index in [0.29, 0.717) is 11.3 Å². The highest BCUT2D eigenvalue weighted by molar-refractivity contribution is 7.99. The number of aliphatic hydroxyl groups excluding tert-OH is 1. The minimum atomic E-state index is -1.14. The third kappa shape index (κ3) is 3.68. The first-order chi connectivity index (χ1) is 9.11. The van der Waals surface area contributed by atoms with Crippen molar-refractivity contribution in [1.29, 1.82) is 0 Å². The lowest BCUT2D eigenvalue weighted by molar-refractivity contribution is 0.160. The van der Waals surface area contributed by atoms with E-state index in [1.54, 1.807) is 0 Å². The number of aliphatic hydroxyl groups is 1. The molecule has 1 saturated carbocycles. The van der Waals surface area contributed by atoms with Gasteiger partial charge in [0.2, 0.25) is 0 Å². The number of hydrogen-bond donors (Lipinski definition) is 2. The second-order valence-electron chi connectivity index (χ2n) is 4.93. The Hall–Kier alpha value is -0.650. The summed E-state index contributed by atoms with van der Waals surface area (Å²) in [6.07, 6.45) is 4.21. The maximum atomic E-state index is 13.5. The molecule has 0 aromatic heterocycles. The summed E-state index contributed by atoms with van der Waals surface area (Å²) in [5, 5.41) is 13.8. The molecule has 106 valence electrons. The van der Waals surface area contributed by atoms with Crippen LogP contribution in [0, 0.1) is 11.6 Å². The van der Waals surface area contributed by atoms with Crippen LogP contribution in [0.25, 0.3) is 0 Å². The molecular weight excluding hydrogens is 268 g/mol. The molecule has 19 heavy (non-hydrogen) atoms. The van der Waals surface area contributed by atoms with Crippen molar-refractivity contribution in [2.45, 2.75) is 36.7 Å². The van der Waals surface area contributed by atoms with Gasteiger partial charge in [0.25, 0.3) is 0 Å². The molecule has 0 radical (unpaired) electrons. The fourth-order valence-electron chi connectivity index (χ4n) is 2.55. The van der Waals surface area contributed by atoms with Gasteiger partial charge >= 0.3 is 0 Å². The zero-order chi connectivity index (χ0) is 13.8. The van der Waals surface area contributed by atoms with E-state index >= 15 is 0 Å². The molecule has 0 aliphatic heterocycles. The third-order valence-electron chi connectivity index (χ3n) is 3.65. The molecule has 5 heteroatoms. The Morgan fingerprint density at radius 3 is 2.63 bits per heavy atom. The van der Waals surface area contributed by atoms with Gasteiger partial charge in [0.1, 0.15) is 11.6 Å². The van der Waals surface area contributed by atoms with Gasteiger partial charge in [-0.25, -0.2) is 8.78 Å². The van der Waals surface area contributed by atoms with Crippen LogP contribution < -0.4 is 5.32 Å². The zero-order valence-electron chi connectivity index (χ0n) is 10.9. The normalized spacial score (nSPS) is 24.6. The summed E-state index contributed by atoms with van der Waals surface area (Å²) < 4.78 is 27.0. The number of rotatable bonds is 5. The highest BCUT2D eigenvalue weighted by Crippen LogP contribution is 2.28. The van der Waals surface area contributed by atoms with Crippen LogP contribution in [-0.4, -0.2) is 29.2 Å². The highest BCUT2D eigenvalue weighted by Gasteiger charge is 2.25. The Bertz CT molecular complexity index is 410. The second kappa shape index (κ2) is 6.68. The van der Waals surface area contributed by atoms with E-state index in [2.05, 4.69) is 11.6 Å². The molecule has 1 aromatic rings. The van der Waals surface area contributed by atoms with Gasteiger partial charge in [-0.15, -0.1) is 0 Å². The van der Waals surface area contributed by atoms with Crippen LogP contribution in [0.5, 0.6) is 0 Å². The van der Waals surface area contributed by atoms with E-state index < -0.39 is 17.7 Å². The lowest BCUT2D eigenvalue weighted by Crippen LogP contribution is -2.31. The molecule has 1 aliphatic carbocycles. The lowest BCUT2D eigenvalue weighted by atomic mass is 10.1. The zero-order valence-corrected chi connectivity index (χ0v) is 11.7. The maximum Gasteiger partial charge on any atom is 0.131 e. The van der Waals surface area contributed by atoms with Gasteiger partial charge in [-0.05, 0) is 37.7 Å². The standard InChI is InChI=1S/C14H19F2NOS/c1-19-10-6-5-9(7-10)17-8-13(18)14-11(15)3-2-4-12(14)16/h2-4,9-10,13,17-18H,5-8H2,1H3. The second-order valence-corrected chi connectivity index (χ2v) is 6.07. The van der Waals surface area contributed by atoms with Crippen molar-refractivity contribution in [2.75, 3.05) is 12.8 Å². The predicted octanol–water partition coefficient (Wildman–Crippen LogP) is 2.87. The number of nitrogens with one attached hydrogen (secondary N) is 1. The van der Waals surface area contributed by atoms with Gasteiger partial charge in [-0.2, -0.15) is 11.8 Å². The minimum absolute atomic E-state index is 0.184. The average molecular weight is 287 g/mol. The molecule has 0 saturated heterocycles. The van der Waals surface area contributed by atoms with Crippen molar-refractivity contribution >= 4 is 11.8 Å². The van der Waals surface area contributed by atoms with Crippen molar-refractivity contribution in [3.05, 3.63) is 35.4 Å². The third-order valence-corrected chi connectivity index (χ3v) is 4.75. The number of hydrogen-bond acceptors (Lipinski definition) is 3. The summed E-state index contributed by atoms with van der Waals surface area (Å²) in [5.74, 6) is -1.38. The van der Waals surface area contributed by atoms with Gasteiger partial charge in [0.05, 0.1) is 11.7 Å². The van der Waals surface area contributed by atoms with Crippen molar-refractivity contribution in [3.8, 4) is 0 Å². The summed E-state index contributed by atoms with van der Waals surface area (Å²) >= 11 is 1.85. The Morgan fingerprint density at radius 2 is 2.05 bits per heavy atom. The molecule has 3 atom stereocenters. The van der Waals surface area contributed by atoms with E-state index in [1.165, 1.54) is 18.2 Å². The van der Waals surface area contributed by atoms with Crippen LogP contribution in [0.4, 0.5) is 8.78 Å². The van der Waals surface area contributed by atoms with Gasteiger partial charge in [-0.3, -0.25) is 0 Å². The smallest absolute Gasteiger partial charge is 0.131 e. The van der Waals surface area contributed by atoms with Crippen molar-refractivity contribution in [3.63, 3.8) is 0 Å². The van der Waals surface area contributed by atoms with E-state index in [1.807, 2.05) is 11.8 Å². The maximum absolute atomic E-state index is 13.5. The van der Waals surface area contributed by atoms with Gasteiger partial charge in [0, 0.05) is 17.8 Å². The fourth-order valence-corrected chi connectivity index (χ4v) is 3.35. The molecule has 2 rings (SSSR count). The minimum Gasteiger partial charge on any atom is -0.387 e. The molecular formula is C14H19F2NOS. The lowest BCUT2D eigenvalue weighted by Gasteiger charge is -2.17. The summed E-state index contributed by atoms with van der Waals surface area (Å²) in [6, 6.07) is 3.97. The average Bonchev–Trinajstić information content (AvgIpc) is 2.84. The SMILES string of the molecule is CSC1CCC(NCC(O)c2c(F)cccc2F)C1. The topological polar surface area (TPSA) is 32.3 Å². The predicted molar refractivity (Wildman–Crippen MR) is 74.3 cm³/mol. The molecule has 3 unspecified atom stereocenters. The summed E-state index contributed by atoms with van der Waals surface area (Å²) in [7, 11) is 0. The molecule has 2 N–H and O–H groups in total. The molecule has 0 amide bonds. The van der Waals surface area contributed by atoms with Crippen LogP contribution in [-0.2, 0) is 0 Å². The monoisotopic (exact) mass is 287 g/mol. The first-order valence-corrected chi connectivity index (χ1v) is 7.78. The van der Waals surface area contributed by atoms with Crippen molar-refractivity contribution < 1.29 is 13.9 Å². The summed E-state index contributed by atoms with van der Waals surface area (Å²) in [6.45, 7) is 0.184. The van der Waals surface area contributed by atoms with Gasteiger partial charge in [-0.1, -0.05) is 6.07 Å². The molecule has 1 fully saturated rings. The Labute approximate surface area is 116 Å².